The Morgan fingerprint density at radius 2 is 1.82 bits per heavy atom. The molecule has 4 rings (SSSR count). The monoisotopic (exact) mass is 389 g/mol. The predicted octanol–water partition coefficient (Wildman–Crippen LogP) is 5.63. The lowest BCUT2D eigenvalue weighted by atomic mass is 10.0. The van der Waals surface area contributed by atoms with Crippen molar-refractivity contribution in [3.63, 3.8) is 0 Å². The topological polar surface area (TPSA) is 51.0 Å². The Morgan fingerprint density at radius 3 is 2.54 bits per heavy atom. The van der Waals surface area contributed by atoms with Crippen molar-refractivity contribution in [1.29, 1.82) is 0 Å². The van der Waals surface area contributed by atoms with Crippen LogP contribution in [0.25, 0.3) is 11.4 Å². The van der Waals surface area contributed by atoms with Crippen LogP contribution in [-0.2, 0) is 13.0 Å². The van der Waals surface area contributed by atoms with Crippen molar-refractivity contribution in [2.75, 3.05) is 0 Å². The minimum atomic E-state index is 0.0998. The minimum Gasteiger partial charge on any atom is -0.338 e. The predicted molar refractivity (Wildman–Crippen MR) is 113 cm³/mol. The zero-order chi connectivity index (χ0) is 19.2. The van der Waals surface area contributed by atoms with Crippen molar-refractivity contribution in [2.24, 2.45) is 0 Å². The lowest BCUT2D eigenvalue weighted by Gasteiger charge is -2.17. The molecule has 0 radical (unpaired) electrons. The molecule has 0 fully saturated rings. The van der Waals surface area contributed by atoms with Crippen LogP contribution >= 0.6 is 11.3 Å². The molecular weight excluding hydrogens is 366 g/mol. The van der Waals surface area contributed by atoms with Crippen LogP contribution in [0.2, 0.25) is 0 Å². The highest BCUT2D eigenvalue weighted by Gasteiger charge is 2.17. The molecule has 0 spiro atoms. The van der Waals surface area contributed by atoms with Crippen molar-refractivity contribution in [2.45, 2.75) is 32.4 Å². The van der Waals surface area contributed by atoms with Crippen LogP contribution in [0.3, 0.4) is 0 Å². The van der Waals surface area contributed by atoms with Crippen LogP contribution in [0, 0.1) is 0 Å². The summed E-state index contributed by atoms with van der Waals surface area (Å²) in [4.78, 5) is 5.80. The Labute approximate surface area is 169 Å². The van der Waals surface area contributed by atoms with E-state index in [4.69, 9.17) is 4.52 Å². The number of hydrogen-bond donors (Lipinski definition) is 1. The van der Waals surface area contributed by atoms with E-state index in [1.165, 1.54) is 16.0 Å². The summed E-state index contributed by atoms with van der Waals surface area (Å²) in [5.74, 6) is 1.21. The normalized spacial score (nSPS) is 12.2. The van der Waals surface area contributed by atoms with Gasteiger partial charge in [-0.3, -0.25) is 5.32 Å². The van der Waals surface area contributed by atoms with Gasteiger partial charge in [-0.25, -0.2) is 0 Å². The van der Waals surface area contributed by atoms with Crippen LogP contribution in [0.4, 0.5) is 0 Å². The molecule has 0 saturated carbocycles. The van der Waals surface area contributed by atoms with Gasteiger partial charge >= 0.3 is 0 Å². The van der Waals surface area contributed by atoms with Crippen molar-refractivity contribution < 1.29 is 4.52 Å². The zero-order valence-electron chi connectivity index (χ0n) is 15.8. The molecule has 142 valence electrons. The zero-order valence-corrected chi connectivity index (χ0v) is 16.7. The van der Waals surface area contributed by atoms with Crippen molar-refractivity contribution >= 4 is 11.3 Å². The molecule has 4 aromatic rings. The Morgan fingerprint density at radius 1 is 1.00 bits per heavy atom. The number of thiophene rings is 1. The van der Waals surface area contributed by atoms with Crippen LogP contribution in [0.1, 0.15) is 41.3 Å². The van der Waals surface area contributed by atoms with E-state index in [0.717, 1.165) is 18.4 Å². The molecule has 0 bridgehead atoms. The molecule has 2 aromatic carbocycles. The molecule has 2 heterocycles. The number of aromatic nitrogens is 2. The third-order valence-corrected chi connectivity index (χ3v) is 5.57. The second kappa shape index (κ2) is 8.95. The summed E-state index contributed by atoms with van der Waals surface area (Å²) in [6.07, 6.45) is 2.27. The van der Waals surface area contributed by atoms with E-state index in [0.29, 0.717) is 18.3 Å². The van der Waals surface area contributed by atoms with E-state index < -0.39 is 0 Å². The number of nitrogens with zero attached hydrogens (tertiary/aromatic N) is 2. The van der Waals surface area contributed by atoms with Crippen LogP contribution in [0.5, 0.6) is 0 Å². The lowest BCUT2D eigenvalue weighted by molar-refractivity contribution is 0.363. The van der Waals surface area contributed by atoms with Gasteiger partial charge in [-0.1, -0.05) is 79.2 Å². The highest BCUT2D eigenvalue weighted by molar-refractivity contribution is 7.10. The molecule has 1 atom stereocenters. The standard InChI is InChI=1S/C23H23N3OS/c1-2-7-17-11-13-18(14-12-17)22(20-10-6-15-28-20)24-16-21-25-23(26-27-21)19-8-4-3-5-9-19/h3-6,8-15,22,24H,2,7,16H2,1H3/t22-/m1/s1. The van der Waals surface area contributed by atoms with Gasteiger partial charge in [0, 0.05) is 10.4 Å². The Balaban J connectivity index is 1.50. The second-order valence-electron chi connectivity index (χ2n) is 6.70. The first-order valence-corrected chi connectivity index (χ1v) is 10.4. The summed E-state index contributed by atoms with van der Waals surface area (Å²) in [5.41, 5.74) is 3.57. The molecule has 0 aliphatic carbocycles. The fraction of sp³-hybridized carbons (Fsp3) is 0.217. The smallest absolute Gasteiger partial charge is 0.240 e. The van der Waals surface area contributed by atoms with Crippen LogP contribution < -0.4 is 5.32 Å². The van der Waals surface area contributed by atoms with E-state index in [1.54, 1.807) is 11.3 Å². The molecule has 0 unspecified atom stereocenters. The maximum atomic E-state index is 5.45. The van der Waals surface area contributed by atoms with E-state index in [9.17, 15) is 0 Å². The van der Waals surface area contributed by atoms with Crippen molar-refractivity contribution in [1.82, 2.24) is 15.5 Å². The fourth-order valence-electron chi connectivity index (χ4n) is 3.22. The van der Waals surface area contributed by atoms with Crippen LogP contribution in [0.15, 0.2) is 76.6 Å². The van der Waals surface area contributed by atoms with Gasteiger partial charge < -0.3 is 4.52 Å². The summed E-state index contributed by atoms with van der Waals surface area (Å²) in [5, 5.41) is 9.80. The summed E-state index contributed by atoms with van der Waals surface area (Å²) < 4.78 is 5.45. The summed E-state index contributed by atoms with van der Waals surface area (Å²) in [7, 11) is 0. The summed E-state index contributed by atoms with van der Waals surface area (Å²) in [6.45, 7) is 2.72. The molecule has 0 aliphatic rings. The van der Waals surface area contributed by atoms with Crippen molar-refractivity contribution in [3.8, 4) is 11.4 Å². The van der Waals surface area contributed by atoms with Gasteiger partial charge in [0.15, 0.2) is 0 Å². The first kappa shape index (κ1) is 18.6. The summed E-state index contributed by atoms with van der Waals surface area (Å²) in [6, 6.07) is 23.1. The minimum absolute atomic E-state index is 0.0998. The lowest BCUT2D eigenvalue weighted by Crippen LogP contribution is -2.21. The van der Waals surface area contributed by atoms with Gasteiger partial charge in [0.2, 0.25) is 11.7 Å². The largest absolute Gasteiger partial charge is 0.338 e. The molecule has 4 nitrogen and oxygen atoms in total. The van der Waals surface area contributed by atoms with Gasteiger partial charge in [0.1, 0.15) is 0 Å². The molecule has 0 aliphatic heterocycles. The molecule has 2 aromatic heterocycles. The maximum absolute atomic E-state index is 5.45. The average molecular weight is 390 g/mol. The van der Waals surface area contributed by atoms with Gasteiger partial charge in [-0.05, 0) is 29.0 Å². The number of hydrogen-bond acceptors (Lipinski definition) is 5. The molecule has 0 amide bonds. The Hall–Kier alpha value is -2.76. The Bertz CT molecular complexity index is 978. The van der Waals surface area contributed by atoms with Crippen LogP contribution in [-0.4, -0.2) is 10.1 Å². The average Bonchev–Trinajstić information content (AvgIpc) is 3.43. The molecule has 28 heavy (non-hydrogen) atoms. The third kappa shape index (κ3) is 4.38. The number of benzene rings is 2. The quantitative estimate of drug-likeness (QED) is 0.424. The highest BCUT2D eigenvalue weighted by atomic mass is 32.1. The fourth-order valence-corrected chi connectivity index (χ4v) is 4.05. The van der Waals surface area contributed by atoms with E-state index in [1.807, 2.05) is 30.3 Å². The van der Waals surface area contributed by atoms with Gasteiger partial charge in [-0.2, -0.15) is 4.98 Å². The number of nitrogens with one attached hydrogen (secondary N) is 1. The van der Waals surface area contributed by atoms with Gasteiger partial charge in [0.25, 0.3) is 0 Å². The summed E-state index contributed by atoms with van der Waals surface area (Å²) >= 11 is 1.75. The number of aryl methyl sites for hydroxylation is 1. The van der Waals surface area contributed by atoms with E-state index >= 15 is 0 Å². The first-order valence-electron chi connectivity index (χ1n) is 9.57. The van der Waals surface area contributed by atoms with Gasteiger partial charge in [0.05, 0.1) is 12.6 Å². The second-order valence-corrected chi connectivity index (χ2v) is 7.68. The van der Waals surface area contributed by atoms with E-state index in [2.05, 4.69) is 64.2 Å². The molecule has 5 heteroatoms. The highest BCUT2D eigenvalue weighted by Crippen LogP contribution is 2.27. The molecule has 1 N–H and O–H groups in total. The van der Waals surface area contributed by atoms with Crippen molar-refractivity contribution in [3.05, 3.63) is 94.0 Å². The van der Waals surface area contributed by atoms with Gasteiger partial charge in [-0.15, -0.1) is 11.3 Å². The SMILES string of the molecule is CCCc1ccc([C@@H](NCc2nc(-c3ccccc3)no2)c2cccs2)cc1. The first-order chi connectivity index (χ1) is 13.8. The molecule has 0 saturated heterocycles. The molecular formula is C23H23N3OS. The maximum Gasteiger partial charge on any atom is 0.240 e. The van der Waals surface area contributed by atoms with E-state index in [-0.39, 0.29) is 6.04 Å². The number of rotatable bonds is 8. The Kier molecular flexibility index (Phi) is 5.95. The third-order valence-electron chi connectivity index (χ3n) is 4.64.